The average molecular weight is 265 g/mol. The molecule has 0 aromatic carbocycles. The largest absolute Gasteiger partial charge is 0.337 e. The van der Waals surface area contributed by atoms with Crippen molar-refractivity contribution < 1.29 is 9.59 Å². The van der Waals surface area contributed by atoms with Crippen LogP contribution >= 0.6 is 0 Å². The van der Waals surface area contributed by atoms with Gasteiger partial charge in [-0.3, -0.25) is 9.59 Å². The van der Waals surface area contributed by atoms with E-state index in [4.69, 9.17) is 0 Å². The lowest BCUT2D eigenvalue weighted by molar-refractivity contribution is -0.131. The van der Waals surface area contributed by atoms with Crippen LogP contribution in [0.15, 0.2) is 6.20 Å². The van der Waals surface area contributed by atoms with E-state index in [1.807, 2.05) is 20.8 Å². The zero-order valence-corrected chi connectivity index (χ0v) is 11.7. The van der Waals surface area contributed by atoms with Crippen molar-refractivity contribution in [1.29, 1.82) is 0 Å². The summed E-state index contributed by atoms with van der Waals surface area (Å²) >= 11 is 0. The van der Waals surface area contributed by atoms with Gasteiger partial charge in [0.25, 0.3) is 0 Å². The molecule has 1 aliphatic rings. The molecule has 19 heavy (non-hydrogen) atoms. The van der Waals surface area contributed by atoms with Crippen LogP contribution in [0, 0.1) is 5.92 Å². The molecule has 1 aliphatic heterocycles. The smallest absolute Gasteiger partial charge is 0.230 e. The summed E-state index contributed by atoms with van der Waals surface area (Å²) in [6.45, 7) is 6.36. The molecule has 0 aliphatic carbocycles. The molecule has 0 bridgehead atoms. The van der Waals surface area contributed by atoms with Crippen LogP contribution in [0.1, 0.15) is 27.2 Å². The third kappa shape index (κ3) is 2.74. The number of aryl methyl sites for hydroxylation is 1. The Labute approximate surface area is 112 Å². The van der Waals surface area contributed by atoms with E-state index < -0.39 is 0 Å². The van der Waals surface area contributed by atoms with Crippen LogP contribution in [0.4, 0.5) is 5.82 Å². The van der Waals surface area contributed by atoms with Crippen molar-refractivity contribution in [1.82, 2.24) is 19.9 Å². The summed E-state index contributed by atoms with van der Waals surface area (Å²) in [4.78, 5) is 25.8. The molecule has 7 heteroatoms. The predicted octanol–water partition coefficient (Wildman–Crippen LogP) is 0.401. The van der Waals surface area contributed by atoms with Crippen molar-refractivity contribution in [3.63, 3.8) is 0 Å². The number of nitrogens with one attached hydrogen (secondary N) is 1. The van der Waals surface area contributed by atoms with E-state index in [0.717, 1.165) is 0 Å². The van der Waals surface area contributed by atoms with Gasteiger partial charge in [-0.1, -0.05) is 5.21 Å². The summed E-state index contributed by atoms with van der Waals surface area (Å²) in [7, 11) is 1.70. The number of rotatable bonds is 2. The molecule has 1 aromatic heterocycles. The molecule has 2 heterocycles. The van der Waals surface area contributed by atoms with E-state index in [-0.39, 0.29) is 29.7 Å². The highest BCUT2D eigenvalue weighted by atomic mass is 16.2. The number of carbonyl (C=O) groups excluding carboxylic acids is 2. The standard InChI is InChI=1S/C12H19N5O2/c1-12(2,3)17-7-8(5-10(17)18)11(19)14-9-6-13-15-16(9)4/h6,8H,5,7H2,1-4H3,(H,14,19). The van der Waals surface area contributed by atoms with E-state index in [2.05, 4.69) is 15.6 Å². The Hall–Kier alpha value is -1.92. The average Bonchev–Trinajstić information content (AvgIpc) is 2.85. The third-order valence-electron chi connectivity index (χ3n) is 3.27. The first-order valence-electron chi connectivity index (χ1n) is 6.25. The highest BCUT2D eigenvalue weighted by Crippen LogP contribution is 2.26. The van der Waals surface area contributed by atoms with E-state index in [9.17, 15) is 9.59 Å². The Balaban J connectivity index is 2.03. The first-order chi connectivity index (χ1) is 8.79. The van der Waals surface area contributed by atoms with Crippen LogP contribution in [-0.2, 0) is 16.6 Å². The molecule has 0 radical (unpaired) electrons. The second kappa shape index (κ2) is 4.64. The Morgan fingerprint density at radius 1 is 1.47 bits per heavy atom. The molecule has 1 saturated heterocycles. The normalized spacial score (nSPS) is 19.9. The molecule has 1 aromatic rings. The number of anilines is 1. The first kappa shape index (κ1) is 13.5. The van der Waals surface area contributed by atoms with Gasteiger partial charge < -0.3 is 10.2 Å². The number of aromatic nitrogens is 3. The highest BCUT2D eigenvalue weighted by Gasteiger charge is 2.39. The first-order valence-corrected chi connectivity index (χ1v) is 6.25. The minimum Gasteiger partial charge on any atom is -0.337 e. The monoisotopic (exact) mass is 265 g/mol. The van der Waals surface area contributed by atoms with Crippen LogP contribution in [0.5, 0.6) is 0 Å². The minimum absolute atomic E-state index is 0.0239. The van der Waals surface area contributed by atoms with Crippen molar-refractivity contribution in [2.24, 2.45) is 13.0 Å². The fourth-order valence-electron chi connectivity index (χ4n) is 2.16. The maximum Gasteiger partial charge on any atom is 0.230 e. The molecular weight excluding hydrogens is 246 g/mol. The number of hydrogen-bond acceptors (Lipinski definition) is 4. The van der Waals surface area contributed by atoms with E-state index in [0.29, 0.717) is 12.4 Å². The Kier molecular flexibility index (Phi) is 3.30. The van der Waals surface area contributed by atoms with Gasteiger partial charge >= 0.3 is 0 Å². The lowest BCUT2D eigenvalue weighted by Gasteiger charge is -2.31. The van der Waals surface area contributed by atoms with Gasteiger partial charge in [0, 0.05) is 25.6 Å². The number of nitrogens with zero attached hydrogens (tertiary/aromatic N) is 4. The molecule has 0 saturated carbocycles. The topological polar surface area (TPSA) is 80.1 Å². The summed E-state index contributed by atoms with van der Waals surface area (Å²) < 4.78 is 1.48. The van der Waals surface area contributed by atoms with Gasteiger partial charge in [-0.2, -0.15) is 0 Å². The number of carbonyl (C=O) groups is 2. The van der Waals surface area contributed by atoms with Crippen molar-refractivity contribution in [3.8, 4) is 0 Å². The zero-order chi connectivity index (χ0) is 14.2. The fourth-order valence-corrected chi connectivity index (χ4v) is 2.16. The molecule has 2 rings (SSSR count). The number of hydrogen-bond donors (Lipinski definition) is 1. The molecule has 0 spiro atoms. The molecule has 1 atom stereocenters. The molecule has 104 valence electrons. The molecule has 7 nitrogen and oxygen atoms in total. The van der Waals surface area contributed by atoms with Crippen molar-refractivity contribution in [2.75, 3.05) is 11.9 Å². The molecule has 2 amide bonds. The Morgan fingerprint density at radius 2 is 2.16 bits per heavy atom. The Morgan fingerprint density at radius 3 is 2.63 bits per heavy atom. The summed E-state index contributed by atoms with van der Waals surface area (Å²) in [5.41, 5.74) is -0.250. The quantitative estimate of drug-likeness (QED) is 0.839. The summed E-state index contributed by atoms with van der Waals surface area (Å²) in [6.07, 6.45) is 1.74. The minimum atomic E-state index is -0.318. The fraction of sp³-hybridized carbons (Fsp3) is 0.667. The third-order valence-corrected chi connectivity index (χ3v) is 3.27. The van der Waals surface area contributed by atoms with Gasteiger partial charge in [0.15, 0.2) is 5.82 Å². The van der Waals surface area contributed by atoms with Crippen LogP contribution < -0.4 is 5.32 Å². The summed E-state index contributed by atoms with van der Waals surface area (Å²) in [5.74, 6) is 0.0783. The maximum absolute atomic E-state index is 12.1. The van der Waals surface area contributed by atoms with Crippen LogP contribution in [0.3, 0.4) is 0 Å². The second-order valence-electron chi connectivity index (χ2n) is 5.81. The maximum atomic E-state index is 12.1. The van der Waals surface area contributed by atoms with Gasteiger partial charge in [0.2, 0.25) is 11.8 Å². The van der Waals surface area contributed by atoms with E-state index in [1.54, 1.807) is 11.9 Å². The van der Waals surface area contributed by atoms with Crippen LogP contribution in [-0.4, -0.2) is 43.8 Å². The van der Waals surface area contributed by atoms with Crippen LogP contribution in [0.2, 0.25) is 0 Å². The van der Waals surface area contributed by atoms with Gasteiger partial charge in [0.1, 0.15) is 0 Å². The zero-order valence-electron chi connectivity index (χ0n) is 11.7. The number of likely N-dealkylation sites (tertiary alicyclic amines) is 1. The van der Waals surface area contributed by atoms with E-state index >= 15 is 0 Å². The lowest BCUT2D eigenvalue weighted by Crippen LogP contribution is -2.42. The van der Waals surface area contributed by atoms with Gasteiger partial charge in [-0.25, -0.2) is 4.68 Å². The van der Waals surface area contributed by atoms with Crippen molar-refractivity contribution >= 4 is 17.6 Å². The lowest BCUT2D eigenvalue weighted by atomic mass is 10.1. The molecule has 1 unspecified atom stereocenters. The highest BCUT2D eigenvalue weighted by molar-refractivity contribution is 5.96. The predicted molar refractivity (Wildman–Crippen MR) is 69.2 cm³/mol. The van der Waals surface area contributed by atoms with Crippen molar-refractivity contribution in [3.05, 3.63) is 6.20 Å². The van der Waals surface area contributed by atoms with Gasteiger partial charge in [-0.05, 0) is 20.8 Å². The van der Waals surface area contributed by atoms with Crippen LogP contribution in [0.25, 0.3) is 0 Å². The number of amides is 2. The summed E-state index contributed by atoms with van der Waals surface area (Å²) in [5, 5.41) is 10.2. The second-order valence-corrected chi connectivity index (χ2v) is 5.81. The van der Waals surface area contributed by atoms with E-state index in [1.165, 1.54) is 10.9 Å². The van der Waals surface area contributed by atoms with Crippen molar-refractivity contribution in [2.45, 2.75) is 32.7 Å². The molecular formula is C12H19N5O2. The molecule has 1 N–H and O–H groups in total. The van der Waals surface area contributed by atoms with Gasteiger partial charge in [-0.15, -0.1) is 5.10 Å². The van der Waals surface area contributed by atoms with Gasteiger partial charge in [0.05, 0.1) is 12.1 Å². The Bertz CT molecular complexity index is 502. The SMILES string of the molecule is Cn1nncc1NC(=O)C1CC(=O)N(C(C)(C)C)C1. The molecule has 1 fully saturated rings. The summed E-state index contributed by atoms with van der Waals surface area (Å²) in [6, 6.07) is 0.